The van der Waals surface area contributed by atoms with Crippen molar-refractivity contribution in [3.63, 3.8) is 0 Å². The number of aromatic nitrogens is 2. The molecule has 0 aliphatic heterocycles. The normalized spacial score (nSPS) is 11.2. The molecule has 0 radical (unpaired) electrons. The molecule has 31 heavy (non-hydrogen) atoms. The number of benzene rings is 2. The fraction of sp³-hybridized carbons (Fsp3) is 0.150. The topological polar surface area (TPSA) is 128 Å². The van der Waals surface area contributed by atoms with Gasteiger partial charge >= 0.3 is 5.97 Å². The Bertz CT molecular complexity index is 1220. The molecule has 1 heterocycles. The number of amides is 1. The molecule has 0 spiro atoms. The molecule has 162 valence electrons. The van der Waals surface area contributed by atoms with E-state index < -0.39 is 21.7 Å². The van der Waals surface area contributed by atoms with Crippen LogP contribution in [0.5, 0.6) is 5.75 Å². The number of ether oxygens (including phenoxy) is 1. The minimum Gasteiger partial charge on any atom is -0.497 e. The van der Waals surface area contributed by atoms with E-state index in [2.05, 4.69) is 10.4 Å². The number of nitrogens with one attached hydrogen (secondary N) is 1. The third-order valence-electron chi connectivity index (χ3n) is 4.29. The van der Waals surface area contributed by atoms with Gasteiger partial charge in [-0.2, -0.15) is 5.10 Å². The molecule has 2 aromatic carbocycles. The molecular formula is C20H18ClN3O6S. The monoisotopic (exact) mass is 463 g/mol. The maximum Gasteiger partial charge on any atom is 0.305 e. The zero-order valence-corrected chi connectivity index (χ0v) is 17.9. The van der Waals surface area contributed by atoms with Crippen molar-refractivity contribution in [2.24, 2.45) is 0 Å². The summed E-state index contributed by atoms with van der Waals surface area (Å²) in [5, 5.41) is 15.8. The van der Waals surface area contributed by atoms with Gasteiger partial charge in [0, 0.05) is 23.0 Å². The number of nitrogens with zero attached hydrogens (tertiary/aromatic N) is 2. The number of carboxylic acid groups (broad SMARTS) is 1. The molecule has 9 nitrogen and oxygen atoms in total. The van der Waals surface area contributed by atoms with Crippen molar-refractivity contribution in [3.05, 3.63) is 65.4 Å². The number of sulfone groups is 1. The fourth-order valence-corrected chi connectivity index (χ4v) is 4.21. The Balaban J connectivity index is 1.91. The van der Waals surface area contributed by atoms with E-state index in [1.807, 2.05) is 0 Å². The number of aliphatic carboxylic acids is 1. The van der Waals surface area contributed by atoms with Gasteiger partial charge in [-0.1, -0.05) is 11.6 Å². The van der Waals surface area contributed by atoms with Crippen LogP contribution in [0.3, 0.4) is 0 Å². The Morgan fingerprint density at radius 3 is 2.48 bits per heavy atom. The zero-order valence-electron chi connectivity index (χ0n) is 16.3. The van der Waals surface area contributed by atoms with Crippen LogP contribution in [-0.2, 0) is 21.2 Å². The zero-order chi connectivity index (χ0) is 22.6. The van der Waals surface area contributed by atoms with E-state index in [1.54, 1.807) is 0 Å². The predicted molar refractivity (Wildman–Crippen MR) is 112 cm³/mol. The van der Waals surface area contributed by atoms with Crippen molar-refractivity contribution in [2.75, 3.05) is 12.4 Å². The van der Waals surface area contributed by atoms with Gasteiger partial charge in [-0.05, 0) is 42.5 Å². The van der Waals surface area contributed by atoms with E-state index in [1.165, 1.54) is 66.5 Å². The third-order valence-corrected chi connectivity index (χ3v) is 6.30. The summed E-state index contributed by atoms with van der Waals surface area (Å²) in [6, 6.07) is 11.3. The molecule has 0 aliphatic rings. The molecule has 3 aromatic rings. The molecule has 0 bridgehead atoms. The van der Waals surface area contributed by atoms with E-state index in [0.717, 1.165) is 0 Å². The highest BCUT2D eigenvalue weighted by atomic mass is 35.5. The molecule has 1 amide bonds. The summed E-state index contributed by atoms with van der Waals surface area (Å²) in [5.74, 6) is -1.37. The first kappa shape index (κ1) is 22.3. The number of rotatable bonds is 8. The van der Waals surface area contributed by atoms with Gasteiger partial charge in [0.15, 0.2) is 0 Å². The van der Waals surface area contributed by atoms with Crippen LogP contribution in [0.25, 0.3) is 0 Å². The Morgan fingerprint density at radius 1 is 1.13 bits per heavy atom. The van der Waals surface area contributed by atoms with Gasteiger partial charge in [0.2, 0.25) is 9.84 Å². The predicted octanol–water partition coefficient (Wildman–Crippen LogP) is 3.10. The lowest BCUT2D eigenvalue weighted by Crippen LogP contribution is -2.19. The number of carbonyl (C=O) groups excluding carboxylic acids is 1. The first-order valence-corrected chi connectivity index (χ1v) is 10.8. The highest BCUT2D eigenvalue weighted by Gasteiger charge is 2.21. The van der Waals surface area contributed by atoms with E-state index in [-0.39, 0.29) is 39.9 Å². The first-order valence-electron chi connectivity index (χ1n) is 8.95. The molecule has 11 heteroatoms. The Morgan fingerprint density at radius 2 is 1.84 bits per heavy atom. The Labute approximate surface area is 183 Å². The van der Waals surface area contributed by atoms with Crippen molar-refractivity contribution < 1.29 is 27.9 Å². The second kappa shape index (κ2) is 9.19. The van der Waals surface area contributed by atoms with Crippen molar-refractivity contribution in [2.45, 2.75) is 22.8 Å². The summed E-state index contributed by atoms with van der Waals surface area (Å²) in [6.45, 7) is 0.0133. The second-order valence-corrected chi connectivity index (χ2v) is 8.78. The summed E-state index contributed by atoms with van der Waals surface area (Å²) in [6.07, 6.45) is 1.17. The average Bonchev–Trinajstić information content (AvgIpc) is 3.21. The van der Waals surface area contributed by atoms with E-state index in [0.29, 0.717) is 5.02 Å². The SMILES string of the molecule is COc1cc(NC(=O)c2ccnn2CCC(=O)O)cc(S(=O)(=O)c2ccc(Cl)cc2)c1. The number of carboxylic acids is 1. The van der Waals surface area contributed by atoms with Crippen LogP contribution in [0.4, 0.5) is 5.69 Å². The van der Waals surface area contributed by atoms with Crippen molar-refractivity contribution in [1.82, 2.24) is 9.78 Å². The number of anilines is 1. The summed E-state index contributed by atoms with van der Waals surface area (Å²) >= 11 is 5.84. The molecule has 0 saturated heterocycles. The number of hydrogen-bond acceptors (Lipinski definition) is 6. The first-order chi connectivity index (χ1) is 14.7. The van der Waals surface area contributed by atoms with Crippen LogP contribution in [0.1, 0.15) is 16.9 Å². The van der Waals surface area contributed by atoms with E-state index in [4.69, 9.17) is 21.4 Å². The summed E-state index contributed by atoms with van der Waals surface area (Å²) in [7, 11) is -2.52. The molecule has 0 unspecified atom stereocenters. The largest absolute Gasteiger partial charge is 0.497 e. The van der Waals surface area contributed by atoms with Crippen LogP contribution in [0, 0.1) is 0 Å². The van der Waals surface area contributed by atoms with Gasteiger partial charge in [0.05, 0.1) is 29.9 Å². The molecule has 0 fully saturated rings. The number of carbonyl (C=O) groups is 2. The number of methoxy groups -OCH3 is 1. The van der Waals surface area contributed by atoms with Crippen molar-refractivity contribution >= 4 is 39.0 Å². The molecule has 2 N–H and O–H groups in total. The molecule has 0 saturated carbocycles. The van der Waals surface area contributed by atoms with Crippen molar-refractivity contribution in [1.29, 1.82) is 0 Å². The fourth-order valence-electron chi connectivity index (χ4n) is 2.77. The standard InChI is InChI=1S/C20H18ClN3O6S/c1-30-15-10-14(23-20(27)18-6-8-22-24(18)9-7-19(25)26)11-17(12-15)31(28,29)16-4-2-13(21)3-5-16/h2-6,8,10-12H,7,9H2,1H3,(H,23,27)(H,25,26). The molecule has 1 aromatic heterocycles. The van der Waals surface area contributed by atoms with Crippen LogP contribution in [-0.4, -0.2) is 42.3 Å². The number of hydrogen-bond donors (Lipinski definition) is 2. The Kier molecular flexibility index (Phi) is 6.62. The smallest absolute Gasteiger partial charge is 0.305 e. The van der Waals surface area contributed by atoms with Crippen LogP contribution in [0.2, 0.25) is 5.02 Å². The minimum atomic E-state index is -3.90. The molecule has 0 aliphatic carbocycles. The minimum absolute atomic E-state index is 0.0133. The van der Waals surface area contributed by atoms with E-state index in [9.17, 15) is 18.0 Å². The van der Waals surface area contributed by atoms with Gasteiger partial charge in [0.25, 0.3) is 5.91 Å². The number of aryl methyl sites for hydroxylation is 1. The summed E-state index contributed by atoms with van der Waals surface area (Å²) < 4.78 is 32.4. The summed E-state index contributed by atoms with van der Waals surface area (Å²) in [5.41, 5.74) is 0.314. The number of halogens is 1. The van der Waals surface area contributed by atoms with Crippen LogP contribution < -0.4 is 10.1 Å². The molecular weight excluding hydrogens is 446 g/mol. The molecule has 0 atom stereocenters. The van der Waals surface area contributed by atoms with Gasteiger partial charge in [-0.25, -0.2) is 8.42 Å². The van der Waals surface area contributed by atoms with Gasteiger partial charge in [-0.15, -0.1) is 0 Å². The maximum atomic E-state index is 13.0. The van der Waals surface area contributed by atoms with E-state index >= 15 is 0 Å². The highest BCUT2D eigenvalue weighted by molar-refractivity contribution is 7.91. The highest BCUT2D eigenvalue weighted by Crippen LogP contribution is 2.29. The lowest BCUT2D eigenvalue weighted by molar-refractivity contribution is -0.137. The summed E-state index contributed by atoms with van der Waals surface area (Å²) in [4.78, 5) is 23.4. The maximum absolute atomic E-state index is 13.0. The third kappa shape index (κ3) is 5.22. The van der Waals surface area contributed by atoms with Crippen LogP contribution >= 0.6 is 11.6 Å². The van der Waals surface area contributed by atoms with Gasteiger partial charge < -0.3 is 15.2 Å². The van der Waals surface area contributed by atoms with Gasteiger partial charge in [-0.3, -0.25) is 14.3 Å². The quantitative estimate of drug-likeness (QED) is 0.525. The average molecular weight is 464 g/mol. The van der Waals surface area contributed by atoms with Gasteiger partial charge in [0.1, 0.15) is 11.4 Å². The Hall–Kier alpha value is -3.37. The van der Waals surface area contributed by atoms with Crippen LogP contribution in [0.15, 0.2) is 64.5 Å². The lowest BCUT2D eigenvalue weighted by Gasteiger charge is -2.12. The second-order valence-electron chi connectivity index (χ2n) is 6.39. The molecule has 3 rings (SSSR count). The van der Waals surface area contributed by atoms with Crippen molar-refractivity contribution in [3.8, 4) is 5.75 Å². The lowest BCUT2D eigenvalue weighted by atomic mass is 10.3.